The van der Waals surface area contributed by atoms with Crippen LogP contribution in [0.2, 0.25) is 15.1 Å². The average Bonchev–Trinajstić information content (AvgIpc) is 3.08. The van der Waals surface area contributed by atoms with Gasteiger partial charge >= 0.3 is 0 Å². The van der Waals surface area contributed by atoms with Gasteiger partial charge in [-0.15, -0.1) is 0 Å². The Hall–Kier alpha value is -1.91. The molecule has 1 aliphatic heterocycles. The third-order valence-corrected chi connectivity index (χ3v) is 7.84. The van der Waals surface area contributed by atoms with Crippen LogP contribution in [-0.4, -0.2) is 22.7 Å². The lowest BCUT2D eigenvalue weighted by molar-refractivity contribution is -0.123. The molecule has 0 bridgehead atoms. The van der Waals surface area contributed by atoms with E-state index in [1.807, 2.05) is 37.3 Å². The molecule has 1 fully saturated rings. The molecule has 36 heavy (non-hydrogen) atoms. The minimum atomic E-state index is -0.386. The fourth-order valence-electron chi connectivity index (χ4n) is 3.45. The highest BCUT2D eigenvalue weighted by molar-refractivity contribution is 14.1. The summed E-state index contributed by atoms with van der Waals surface area (Å²) in [5, 5.41) is 1.14. The smallest absolute Gasteiger partial charge is 0.293 e. The van der Waals surface area contributed by atoms with Crippen molar-refractivity contribution in [3.8, 4) is 11.5 Å². The van der Waals surface area contributed by atoms with Gasteiger partial charge < -0.3 is 9.47 Å². The molecule has 0 N–H and O–H groups in total. The molecular formula is C26H19Cl3INO4S. The van der Waals surface area contributed by atoms with Gasteiger partial charge in [-0.25, -0.2) is 0 Å². The SMILES string of the molecule is CCOc1cc(/C=C2\SC(=O)N(Cc3ccc(Cl)cc3Cl)C2=O)cc(I)c1OCc1ccccc1Cl. The van der Waals surface area contributed by atoms with Crippen molar-refractivity contribution in [1.82, 2.24) is 4.90 Å². The number of benzene rings is 3. The molecule has 1 heterocycles. The molecule has 3 aromatic carbocycles. The van der Waals surface area contributed by atoms with E-state index in [9.17, 15) is 9.59 Å². The minimum Gasteiger partial charge on any atom is -0.490 e. The average molecular weight is 675 g/mol. The van der Waals surface area contributed by atoms with Gasteiger partial charge in [-0.05, 0) is 88.8 Å². The van der Waals surface area contributed by atoms with Crippen molar-refractivity contribution in [2.24, 2.45) is 0 Å². The number of thioether (sulfide) groups is 1. The number of ether oxygens (including phenoxy) is 2. The van der Waals surface area contributed by atoms with Crippen LogP contribution in [0.4, 0.5) is 4.79 Å². The summed E-state index contributed by atoms with van der Waals surface area (Å²) in [5.41, 5.74) is 2.21. The van der Waals surface area contributed by atoms with Gasteiger partial charge in [-0.3, -0.25) is 14.5 Å². The first kappa shape index (κ1) is 27.1. The fraction of sp³-hybridized carbons (Fsp3) is 0.154. The lowest BCUT2D eigenvalue weighted by atomic mass is 10.1. The van der Waals surface area contributed by atoms with Crippen LogP contribution in [0.15, 0.2) is 59.5 Å². The molecule has 4 rings (SSSR count). The first-order chi connectivity index (χ1) is 17.3. The molecule has 0 saturated carbocycles. The maximum atomic E-state index is 13.0. The Kier molecular flexibility index (Phi) is 9.11. The van der Waals surface area contributed by atoms with E-state index >= 15 is 0 Å². The van der Waals surface area contributed by atoms with E-state index in [0.29, 0.717) is 49.2 Å². The zero-order chi connectivity index (χ0) is 25.8. The van der Waals surface area contributed by atoms with E-state index in [0.717, 1.165) is 20.9 Å². The van der Waals surface area contributed by atoms with Crippen LogP contribution < -0.4 is 9.47 Å². The summed E-state index contributed by atoms with van der Waals surface area (Å²) in [5.74, 6) is 0.734. The zero-order valence-electron chi connectivity index (χ0n) is 18.9. The van der Waals surface area contributed by atoms with Gasteiger partial charge in [-0.2, -0.15) is 0 Å². The summed E-state index contributed by atoms with van der Waals surface area (Å²) in [6.45, 7) is 2.65. The van der Waals surface area contributed by atoms with Gasteiger partial charge in [0, 0.05) is 20.6 Å². The Balaban J connectivity index is 1.56. The van der Waals surface area contributed by atoms with Crippen LogP contribution in [0, 0.1) is 3.57 Å². The highest BCUT2D eigenvalue weighted by Gasteiger charge is 2.35. The number of carbonyl (C=O) groups is 2. The molecule has 2 amide bonds. The molecule has 5 nitrogen and oxygen atoms in total. The van der Waals surface area contributed by atoms with Crippen molar-refractivity contribution >= 4 is 86.4 Å². The zero-order valence-corrected chi connectivity index (χ0v) is 24.1. The predicted octanol–water partition coefficient (Wildman–Crippen LogP) is 8.47. The Morgan fingerprint density at radius 2 is 1.75 bits per heavy atom. The van der Waals surface area contributed by atoms with E-state index in [1.165, 1.54) is 4.90 Å². The first-order valence-electron chi connectivity index (χ1n) is 10.8. The number of hydrogen-bond acceptors (Lipinski definition) is 5. The maximum Gasteiger partial charge on any atom is 0.293 e. The highest BCUT2D eigenvalue weighted by atomic mass is 127. The molecule has 3 aromatic rings. The topological polar surface area (TPSA) is 55.8 Å². The lowest BCUT2D eigenvalue weighted by Gasteiger charge is -2.15. The monoisotopic (exact) mass is 673 g/mol. The van der Waals surface area contributed by atoms with E-state index in [-0.39, 0.29) is 24.3 Å². The molecule has 0 spiro atoms. The van der Waals surface area contributed by atoms with E-state index in [1.54, 1.807) is 30.3 Å². The van der Waals surface area contributed by atoms with Crippen molar-refractivity contribution < 1.29 is 19.1 Å². The van der Waals surface area contributed by atoms with E-state index in [4.69, 9.17) is 44.3 Å². The molecule has 1 saturated heterocycles. The summed E-state index contributed by atoms with van der Waals surface area (Å²) >= 11 is 21.5. The summed E-state index contributed by atoms with van der Waals surface area (Å²) in [6.07, 6.45) is 1.68. The third kappa shape index (κ3) is 6.31. The van der Waals surface area contributed by atoms with Crippen molar-refractivity contribution in [3.05, 3.63) is 94.8 Å². The lowest BCUT2D eigenvalue weighted by Crippen LogP contribution is -2.27. The summed E-state index contributed by atoms with van der Waals surface area (Å²) < 4.78 is 12.7. The third-order valence-electron chi connectivity index (χ3n) is 5.18. The van der Waals surface area contributed by atoms with Gasteiger partial charge in [0.1, 0.15) is 6.61 Å². The second-order valence-electron chi connectivity index (χ2n) is 7.65. The van der Waals surface area contributed by atoms with E-state index in [2.05, 4.69) is 22.6 Å². The number of amides is 2. The quantitative estimate of drug-likeness (QED) is 0.177. The molecular weight excluding hydrogens is 656 g/mol. The minimum absolute atomic E-state index is 0.0641. The molecule has 0 aliphatic carbocycles. The van der Waals surface area contributed by atoms with Crippen molar-refractivity contribution in [1.29, 1.82) is 0 Å². The van der Waals surface area contributed by atoms with Gasteiger partial charge in [0.2, 0.25) is 0 Å². The van der Waals surface area contributed by atoms with Crippen molar-refractivity contribution in [2.45, 2.75) is 20.1 Å². The number of hydrogen-bond donors (Lipinski definition) is 0. The summed E-state index contributed by atoms with van der Waals surface area (Å²) in [6, 6.07) is 16.1. The standard InChI is InChI=1S/C26H19Cl3INO4S/c1-2-34-22-10-15(9-21(30)24(22)35-14-17-5-3-4-6-19(17)28)11-23-25(32)31(26(33)36-23)13-16-7-8-18(27)12-20(16)29/h3-12H,2,13-14H2,1H3/b23-11-. The van der Waals surface area contributed by atoms with Crippen molar-refractivity contribution in [3.63, 3.8) is 0 Å². The van der Waals surface area contributed by atoms with Crippen LogP contribution in [0.5, 0.6) is 11.5 Å². The van der Waals surface area contributed by atoms with Crippen LogP contribution in [0.25, 0.3) is 6.08 Å². The molecule has 186 valence electrons. The summed E-state index contributed by atoms with van der Waals surface area (Å²) in [4.78, 5) is 27.1. The van der Waals surface area contributed by atoms with Gasteiger partial charge in [0.15, 0.2) is 11.5 Å². The number of imide groups is 1. The van der Waals surface area contributed by atoms with Gasteiger partial charge in [-0.1, -0.05) is 59.1 Å². The maximum absolute atomic E-state index is 13.0. The second kappa shape index (κ2) is 12.1. The molecule has 10 heteroatoms. The summed E-state index contributed by atoms with van der Waals surface area (Å²) in [7, 11) is 0. The Morgan fingerprint density at radius 3 is 2.47 bits per heavy atom. The predicted molar refractivity (Wildman–Crippen MR) is 154 cm³/mol. The number of nitrogens with zero attached hydrogens (tertiary/aromatic N) is 1. The highest BCUT2D eigenvalue weighted by Crippen LogP contribution is 2.39. The molecule has 0 unspecified atom stereocenters. The number of rotatable bonds is 8. The van der Waals surface area contributed by atoms with Crippen molar-refractivity contribution in [2.75, 3.05) is 6.61 Å². The second-order valence-corrected chi connectivity index (χ2v) is 11.1. The van der Waals surface area contributed by atoms with Crippen LogP contribution >= 0.6 is 69.2 Å². The van der Waals surface area contributed by atoms with E-state index < -0.39 is 0 Å². The van der Waals surface area contributed by atoms with Gasteiger partial charge in [0.25, 0.3) is 11.1 Å². The Morgan fingerprint density at radius 1 is 0.972 bits per heavy atom. The molecule has 1 aliphatic rings. The fourth-order valence-corrected chi connectivity index (χ4v) is 5.73. The molecule has 0 atom stereocenters. The number of carbonyl (C=O) groups excluding carboxylic acids is 2. The molecule has 0 radical (unpaired) electrons. The van der Waals surface area contributed by atoms with Crippen LogP contribution in [0.3, 0.4) is 0 Å². The van der Waals surface area contributed by atoms with Crippen LogP contribution in [-0.2, 0) is 17.9 Å². The number of halogens is 4. The Bertz CT molecular complexity index is 1370. The van der Waals surface area contributed by atoms with Crippen LogP contribution in [0.1, 0.15) is 23.6 Å². The molecule has 0 aromatic heterocycles. The normalized spacial score (nSPS) is 14.6. The van der Waals surface area contributed by atoms with Gasteiger partial charge in [0.05, 0.1) is 21.6 Å². The Labute approximate surface area is 241 Å². The first-order valence-corrected chi connectivity index (χ1v) is 13.8. The largest absolute Gasteiger partial charge is 0.490 e.